The minimum Gasteiger partial charge on any atom is -0.385 e. The largest absolute Gasteiger partial charge is 0.385 e. The molecule has 0 radical (unpaired) electrons. The van der Waals surface area contributed by atoms with Gasteiger partial charge in [-0.3, -0.25) is 14.2 Å². The Balaban J connectivity index is 1.69. The van der Waals surface area contributed by atoms with E-state index in [1.165, 1.54) is 10.1 Å². The number of aromatic amines is 1. The van der Waals surface area contributed by atoms with Crippen molar-refractivity contribution < 1.29 is 9.53 Å². The molecule has 0 fully saturated rings. The van der Waals surface area contributed by atoms with Crippen LogP contribution in [0.1, 0.15) is 22.3 Å². The maximum Gasteiger partial charge on any atom is 0.262 e. The number of hydrogen-bond donors (Lipinski definition) is 1. The van der Waals surface area contributed by atoms with Crippen LogP contribution in [0, 0.1) is 4.77 Å². The number of nitrogens with one attached hydrogen (secondary N) is 1. The fourth-order valence-electron chi connectivity index (χ4n) is 3.66. The molecule has 28 heavy (non-hydrogen) atoms. The molecule has 1 aromatic heterocycles. The van der Waals surface area contributed by atoms with Crippen LogP contribution in [0.4, 0.5) is 5.69 Å². The van der Waals surface area contributed by atoms with Crippen LogP contribution >= 0.6 is 12.2 Å². The average Bonchev–Trinajstić information content (AvgIpc) is 3.13. The third kappa shape index (κ3) is 3.27. The van der Waals surface area contributed by atoms with Gasteiger partial charge in [-0.1, -0.05) is 18.2 Å². The number of benzene rings is 2. The Morgan fingerprint density at radius 3 is 2.89 bits per heavy atom. The zero-order valence-electron chi connectivity index (χ0n) is 15.6. The van der Waals surface area contributed by atoms with Gasteiger partial charge in [0, 0.05) is 38.1 Å². The lowest BCUT2D eigenvalue weighted by Gasteiger charge is -2.17. The zero-order chi connectivity index (χ0) is 19.7. The molecule has 1 aliphatic heterocycles. The molecule has 1 N–H and O–H groups in total. The summed E-state index contributed by atoms with van der Waals surface area (Å²) in [4.78, 5) is 30.7. The van der Waals surface area contributed by atoms with E-state index in [9.17, 15) is 9.59 Å². The van der Waals surface area contributed by atoms with Crippen molar-refractivity contribution in [2.24, 2.45) is 0 Å². The standard InChI is InChI=1S/C21H21N3O3S/c1-27-12-4-10-24-20(26)16-8-7-15(13-17(16)22-21(24)28)19(25)23-11-9-14-5-2-3-6-18(14)23/h2-3,5-8,13H,4,9-12H2,1H3,(H,22,28). The van der Waals surface area contributed by atoms with Gasteiger partial charge in [-0.05, 0) is 54.9 Å². The van der Waals surface area contributed by atoms with E-state index in [1.807, 2.05) is 24.3 Å². The number of carbonyl (C=O) groups is 1. The van der Waals surface area contributed by atoms with E-state index in [1.54, 1.807) is 30.2 Å². The van der Waals surface area contributed by atoms with Gasteiger partial charge in [0.2, 0.25) is 0 Å². The Kier molecular flexibility index (Phi) is 5.11. The summed E-state index contributed by atoms with van der Waals surface area (Å²) in [7, 11) is 1.63. The Morgan fingerprint density at radius 2 is 2.07 bits per heavy atom. The van der Waals surface area contributed by atoms with Crippen molar-refractivity contribution in [2.45, 2.75) is 19.4 Å². The smallest absolute Gasteiger partial charge is 0.262 e. The molecule has 0 aliphatic carbocycles. The highest BCUT2D eigenvalue weighted by atomic mass is 32.1. The summed E-state index contributed by atoms with van der Waals surface area (Å²) in [5.74, 6) is -0.0737. The lowest BCUT2D eigenvalue weighted by atomic mass is 10.1. The SMILES string of the molecule is COCCCn1c(=S)[nH]c2cc(C(=O)N3CCc4ccccc43)ccc2c1=O. The lowest BCUT2D eigenvalue weighted by molar-refractivity contribution is 0.0989. The molecule has 0 bridgehead atoms. The van der Waals surface area contributed by atoms with E-state index in [-0.39, 0.29) is 11.5 Å². The lowest BCUT2D eigenvalue weighted by Crippen LogP contribution is -2.29. The number of H-pyrrole nitrogens is 1. The number of amides is 1. The van der Waals surface area contributed by atoms with Gasteiger partial charge in [0.25, 0.3) is 11.5 Å². The second kappa shape index (κ2) is 7.69. The average molecular weight is 395 g/mol. The van der Waals surface area contributed by atoms with Crippen molar-refractivity contribution in [2.75, 3.05) is 25.2 Å². The normalized spacial score (nSPS) is 13.1. The van der Waals surface area contributed by atoms with Gasteiger partial charge < -0.3 is 14.6 Å². The first-order chi connectivity index (χ1) is 13.6. The van der Waals surface area contributed by atoms with Crippen LogP contribution in [-0.4, -0.2) is 35.7 Å². The molecule has 2 heterocycles. The van der Waals surface area contributed by atoms with Crippen molar-refractivity contribution >= 4 is 34.7 Å². The topological polar surface area (TPSA) is 67.3 Å². The zero-order valence-corrected chi connectivity index (χ0v) is 16.4. The van der Waals surface area contributed by atoms with E-state index in [0.29, 0.717) is 47.4 Å². The Hall–Kier alpha value is -2.77. The Morgan fingerprint density at radius 1 is 1.25 bits per heavy atom. The van der Waals surface area contributed by atoms with Crippen LogP contribution in [0.3, 0.4) is 0 Å². The van der Waals surface area contributed by atoms with Crippen molar-refractivity contribution in [3.8, 4) is 0 Å². The highest BCUT2D eigenvalue weighted by Gasteiger charge is 2.25. The molecule has 0 atom stereocenters. The van der Waals surface area contributed by atoms with Gasteiger partial charge in [0.15, 0.2) is 4.77 Å². The van der Waals surface area contributed by atoms with Crippen molar-refractivity contribution in [1.29, 1.82) is 0 Å². The van der Waals surface area contributed by atoms with Crippen LogP contribution in [0.25, 0.3) is 10.9 Å². The number of para-hydroxylation sites is 1. The molecule has 0 spiro atoms. The second-order valence-electron chi connectivity index (χ2n) is 6.83. The number of hydrogen-bond acceptors (Lipinski definition) is 4. The van der Waals surface area contributed by atoms with Crippen molar-refractivity contribution in [3.05, 3.63) is 68.7 Å². The van der Waals surface area contributed by atoms with Gasteiger partial charge in [0.1, 0.15) is 0 Å². The van der Waals surface area contributed by atoms with Crippen LogP contribution in [-0.2, 0) is 17.7 Å². The molecule has 0 saturated carbocycles. The third-order valence-electron chi connectivity index (χ3n) is 5.09. The number of ether oxygens (including phenoxy) is 1. The Labute approximate surface area is 167 Å². The minimum absolute atomic E-state index is 0.0737. The molecule has 1 aliphatic rings. The Bertz CT molecular complexity index is 1170. The number of fused-ring (bicyclic) bond motifs is 2. The first-order valence-corrected chi connectivity index (χ1v) is 9.66. The summed E-state index contributed by atoms with van der Waals surface area (Å²) in [6, 6.07) is 13.1. The summed E-state index contributed by atoms with van der Waals surface area (Å²) in [6.07, 6.45) is 1.55. The minimum atomic E-state index is -0.152. The van der Waals surface area contributed by atoms with Crippen LogP contribution < -0.4 is 10.5 Å². The van der Waals surface area contributed by atoms with Crippen LogP contribution in [0.5, 0.6) is 0 Å². The monoisotopic (exact) mass is 395 g/mol. The molecular formula is C21H21N3O3S. The molecule has 1 amide bonds. The first-order valence-electron chi connectivity index (χ1n) is 9.26. The molecule has 4 rings (SSSR count). The number of aromatic nitrogens is 2. The highest BCUT2D eigenvalue weighted by Crippen LogP contribution is 2.29. The molecule has 7 heteroatoms. The number of nitrogens with zero attached hydrogens (tertiary/aromatic N) is 2. The van der Waals surface area contributed by atoms with Crippen LogP contribution in [0.2, 0.25) is 0 Å². The molecule has 0 saturated heterocycles. The van der Waals surface area contributed by atoms with Gasteiger partial charge >= 0.3 is 0 Å². The predicted molar refractivity (Wildman–Crippen MR) is 112 cm³/mol. The molecule has 3 aromatic rings. The molecule has 144 valence electrons. The van der Waals surface area contributed by atoms with Crippen molar-refractivity contribution in [3.63, 3.8) is 0 Å². The summed E-state index contributed by atoms with van der Waals surface area (Å²) >= 11 is 5.36. The number of methoxy groups -OCH3 is 1. The maximum absolute atomic E-state index is 13.1. The summed E-state index contributed by atoms with van der Waals surface area (Å²) in [5.41, 5.74) is 3.09. The van der Waals surface area contributed by atoms with Gasteiger partial charge in [-0.15, -0.1) is 0 Å². The molecular weight excluding hydrogens is 374 g/mol. The number of anilines is 1. The van der Waals surface area contributed by atoms with Crippen LogP contribution in [0.15, 0.2) is 47.3 Å². The third-order valence-corrected chi connectivity index (χ3v) is 5.41. The fraction of sp³-hybridized carbons (Fsp3) is 0.286. The molecule has 0 unspecified atom stereocenters. The summed E-state index contributed by atoms with van der Waals surface area (Å²) in [5, 5.41) is 0.518. The quantitative estimate of drug-likeness (QED) is 0.532. The predicted octanol–water partition coefficient (Wildman–Crippen LogP) is 3.30. The molecule has 6 nitrogen and oxygen atoms in total. The van der Waals surface area contributed by atoms with Crippen molar-refractivity contribution in [1.82, 2.24) is 9.55 Å². The fourth-order valence-corrected chi connectivity index (χ4v) is 3.95. The first kappa shape index (κ1) is 18.6. The van der Waals surface area contributed by atoms with E-state index in [0.717, 1.165) is 12.1 Å². The van der Waals surface area contributed by atoms with Gasteiger partial charge in [0.05, 0.1) is 10.9 Å². The van der Waals surface area contributed by atoms with E-state index < -0.39 is 0 Å². The number of rotatable bonds is 5. The summed E-state index contributed by atoms with van der Waals surface area (Å²) in [6.45, 7) is 1.71. The van der Waals surface area contributed by atoms with Gasteiger partial charge in [-0.2, -0.15) is 0 Å². The number of carbonyl (C=O) groups excluding carboxylic acids is 1. The summed E-state index contributed by atoms with van der Waals surface area (Å²) < 4.78 is 6.93. The second-order valence-corrected chi connectivity index (χ2v) is 7.22. The maximum atomic E-state index is 13.1. The molecule has 2 aromatic carbocycles. The van der Waals surface area contributed by atoms with E-state index in [4.69, 9.17) is 17.0 Å². The van der Waals surface area contributed by atoms with Gasteiger partial charge in [-0.25, -0.2) is 0 Å². The highest BCUT2D eigenvalue weighted by molar-refractivity contribution is 7.71. The van der Waals surface area contributed by atoms with E-state index in [2.05, 4.69) is 4.98 Å². The van der Waals surface area contributed by atoms with E-state index >= 15 is 0 Å².